The largest absolute Gasteiger partial charge is 0.367 e. The van der Waals surface area contributed by atoms with Gasteiger partial charge >= 0.3 is 0 Å². The molecule has 1 aliphatic carbocycles. The molecule has 2 aliphatic rings. The first-order valence-corrected chi connectivity index (χ1v) is 7.26. The van der Waals surface area contributed by atoms with Crippen molar-refractivity contribution in [1.29, 1.82) is 0 Å². The topological polar surface area (TPSA) is 29.5 Å². The van der Waals surface area contributed by atoms with Gasteiger partial charge in [0.05, 0.1) is 17.2 Å². The summed E-state index contributed by atoms with van der Waals surface area (Å²) >= 11 is 0. The molecule has 1 saturated carbocycles. The molecular formula is C15H27NO2. The highest BCUT2D eigenvalue weighted by molar-refractivity contribution is 5.84. The van der Waals surface area contributed by atoms with Gasteiger partial charge in [0.1, 0.15) is 5.78 Å². The standard InChI is InChI=1S/C15H27NO2/c1-14(2)10-16(11-15(3,4)18-14)12-8-6-5-7-9-13(12)17/h12H,5-11H2,1-4H3. The second-order valence-electron chi connectivity index (χ2n) is 7.11. The molecule has 1 unspecified atom stereocenters. The van der Waals surface area contributed by atoms with Gasteiger partial charge in [0.25, 0.3) is 0 Å². The maximum Gasteiger partial charge on any atom is 0.149 e. The molecule has 104 valence electrons. The molecule has 2 fully saturated rings. The van der Waals surface area contributed by atoms with E-state index in [1.807, 2.05) is 0 Å². The average molecular weight is 253 g/mol. The van der Waals surface area contributed by atoms with E-state index in [9.17, 15) is 4.79 Å². The van der Waals surface area contributed by atoms with E-state index in [0.717, 1.165) is 32.4 Å². The summed E-state index contributed by atoms with van der Waals surface area (Å²) in [6, 6.07) is 0.134. The van der Waals surface area contributed by atoms with E-state index in [1.54, 1.807) is 0 Å². The van der Waals surface area contributed by atoms with Crippen LogP contribution in [-0.4, -0.2) is 41.0 Å². The van der Waals surface area contributed by atoms with Crippen LogP contribution >= 0.6 is 0 Å². The van der Waals surface area contributed by atoms with E-state index in [-0.39, 0.29) is 17.2 Å². The Balaban J connectivity index is 2.13. The lowest BCUT2D eigenvalue weighted by molar-refractivity contribution is -0.188. The number of nitrogens with zero attached hydrogens (tertiary/aromatic N) is 1. The Kier molecular flexibility index (Phi) is 3.84. The van der Waals surface area contributed by atoms with Crippen molar-refractivity contribution in [2.75, 3.05) is 13.1 Å². The van der Waals surface area contributed by atoms with Gasteiger partial charge in [0.15, 0.2) is 0 Å². The van der Waals surface area contributed by atoms with E-state index >= 15 is 0 Å². The van der Waals surface area contributed by atoms with Crippen molar-refractivity contribution in [2.24, 2.45) is 0 Å². The second kappa shape index (κ2) is 4.93. The molecule has 3 nitrogen and oxygen atoms in total. The molecule has 1 heterocycles. The van der Waals surface area contributed by atoms with E-state index in [2.05, 4.69) is 32.6 Å². The summed E-state index contributed by atoms with van der Waals surface area (Å²) in [4.78, 5) is 14.6. The van der Waals surface area contributed by atoms with Crippen molar-refractivity contribution in [1.82, 2.24) is 4.90 Å². The summed E-state index contributed by atoms with van der Waals surface area (Å²) < 4.78 is 6.10. The molecule has 0 aromatic heterocycles. The summed E-state index contributed by atoms with van der Waals surface area (Å²) in [5.74, 6) is 0.445. The van der Waals surface area contributed by atoms with Crippen LogP contribution in [0.15, 0.2) is 0 Å². The number of hydrogen-bond acceptors (Lipinski definition) is 3. The zero-order valence-electron chi connectivity index (χ0n) is 12.3. The number of ether oxygens (including phenoxy) is 1. The number of morpholine rings is 1. The Morgan fingerprint density at radius 1 is 1.06 bits per heavy atom. The Hall–Kier alpha value is -0.410. The van der Waals surface area contributed by atoms with E-state index in [1.165, 1.54) is 12.8 Å². The molecule has 0 aromatic rings. The summed E-state index contributed by atoms with van der Waals surface area (Å²) in [5.41, 5.74) is -0.317. The smallest absolute Gasteiger partial charge is 0.149 e. The maximum atomic E-state index is 12.3. The van der Waals surface area contributed by atoms with Gasteiger partial charge in [-0.2, -0.15) is 0 Å². The Morgan fingerprint density at radius 3 is 2.28 bits per heavy atom. The Bertz CT molecular complexity index is 306. The van der Waals surface area contributed by atoms with Gasteiger partial charge in [0.2, 0.25) is 0 Å². The number of carbonyl (C=O) groups is 1. The highest BCUT2D eigenvalue weighted by atomic mass is 16.5. The van der Waals surface area contributed by atoms with Crippen molar-refractivity contribution in [2.45, 2.75) is 77.0 Å². The zero-order chi connectivity index (χ0) is 13.4. The monoisotopic (exact) mass is 253 g/mol. The van der Waals surface area contributed by atoms with Crippen molar-refractivity contribution < 1.29 is 9.53 Å². The molecule has 3 heteroatoms. The number of ketones is 1. The fourth-order valence-electron chi connectivity index (χ4n) is 3.59. The van der Waals surface area contributed by atoms with Gasteiger partial charge in [-0.05, 0) is 40.5 Å². The lowest BCUT2D eigenvalue weighted by Gasteiger charge is -2.49. The Morgan fingerprint density at radius 2 is 1.67 bits per heavy atom. The van der Waals surface area contributed by atoms with Crippen molar-refractivity contribution in [3.8, 4) is 0 Å². The lowest BCUT2D eigenvalue weighted by atomic mass is 9.95. The lowest BCUT2D eigenvalue weighted by Crippen LogP contribution is -2.60. The molecule has 0 bridgehead atoms. The minimum atomic E-state index is -0.158. The minimum Gasteiger partial charge on any atom is -0.367 e. The fourth-order valence-corrected chi connectivity index (χ4v) is 3.59. The van der Waals surface area contributed by atoms with Crippen LogP contribution in [0.2, 0.25) is 0 Å². The van der Waals surface area contributed by atoms with Crippen LogP contribution in [0, 0.1) is 0 Å². The first-order valence-electron chi connectivity index (χ1n) is 7.26. The van der Waals surface area contributed by atoms with Crippen molar-refractivity contribution in [3.05, 3.63) is 0 Å². The van der Waals surface area contributed by atoms with Gasteiger partial charge in [-0.3, -0.25) is 9.69 Å². The van der Waals surface area contributed by atoms with Gasteiger partial charge in [-0.15, -0.1) is 0 Å². The third kappa shape index (κ3) is 3.33. The normalized spacial score (nSPS) is 33.1. The second-order valence-corrected chi connectivity index (χ2v) is 7.11. The molecule has 0 N–H and O–H groups in total. The predicted octanol–water partition coefficient (Wildman–Crippen LogP) is 2.78. The van der Waals surface area contributed by atoms with Crippen LogP contribution in [-0.2, 0) is 9.53 Å². The fraction of sp³-hybridized carbons (Fsp3) is 0.933. The summed E-state index contributed by atoms with van der Waals surface area (Å²) in [6.07, 6.45) is 5.27. The molecule has 0 amide bonds. The molecule has 0 spiro atoms. The maximum absolute atomic E-state index is 12.3. The highest BCUT2D eigenvalue weighted by Crippen LogP contribution is 2.31. The minimum absolute atomic E-state index is 0.134. The molecular weight excluding hydrogens is 226 g/mol. The van der Waals surface area contributed by atoms with Crippen LogP contribution in [0.5, 0.6) is 0 Å². The summed E-state index contributed by atoms with van der Waals surface area (Å²) in [7, 11) is 0. The molecule has 1 saturated heterocycles. The molecule has 0 radical (unpaired) electrons. The Labute approximate surface area is 111 Å². The molecule has 0 aromatic carbocycles. The van der Waals surface area contributed by atoms with Crippen molar-refractivity contribution in [3.63, 3.8) is 0 Å². The van der Waals surface area contributed by atoms with Gasteiger partial charge in [-0.25, -0.2) is 0 Å². The van der Waals surface area contributed by atoms with Crippen LogP contribution in [0.3, 0.4) is 0 Å². The summed E-state index contributed by atoms with van der Waals surface area (Å²) in [5, 5.41) is 0. The quantitative estimate of drug-likeness (QED) is 0.673. The first kappa shape index (κ1) is 14.0. The van der Waals surface area contributed by atoms with Gasteiger partial charge < -0.3 is 4.74 Å². The SMILES string of the molecule is CC1(C)CN(C2CCCCCC2=O)CC(C)(C)O1. The highest BCUT2D eigenvalue weighted by Gasteiger charge is 2.42. The number of carbonyl (C=O) groups excluding carboxylic acids is 1. The van der Waals surface area contributed by atoms with Gasteiger partial charge in [0, 0.05) is 19.5 Å². The van der Waals surface area contributed by atoms with Gasteiger partial charge in [-0.1, -0.05) is 12.8 Å². The summed E-state index contributed by atoms with van der Waals surface area (Å²) in [6.45, 7) is 10.2. The zero-order valence-corrected chi connectivity index (χ0v) is 12.3. The van der Waals surface area contributed by atoms with E-state index in [4.69, 9.17) is 4.74 Å². The molecule has 1 aliphatic heterocycles. The molecule has 2 rings (SSSR count). The van der Waals surface area contributed by atoms with E-state index < -0.39 is 0 Å². The number of rotatable bonds is 1. The predicted molar refractivity (Wildman–Crippen MR) is 72.7 cm³/mol. The molecule has 18 heavy (non-hydrogen) atoms. The van der Waals surface area contributed by atoms with E-state index in [0.29, 0.717) is 5.78 Å². The third-order valence-corrected chi connectivity index (χ3v) is 3.93. The third-order valence-electron chi connectivity index (χ3n) is 3.93. The average Bonchev–Trinajstić information content (AvgIpc) is 2.37. The number of Topliss-reactive ketones (excluding diaryl/α,β-unsaturated/α-hetero) is 1. The van der Waals surface area contributed by atoms with Crippen LogP contribution in [0.25, 0.3) is 0 Å². The number of hydrogen-bond donors (Lipinski definition) is 0. The van der Waals surface area contributed by atoms with Crippen LogP contribution in [0.1, 0.15) is 59.8 Å². The molecule has 1 atom stereocenters. The van der Waals surface area contributed by atoms with Crippen LogP contribution in [0.4, 0.5) is 0 Å². The van der Waals surface area contributed by atoms with Crippen LogP contribution < -0.4 is 0 Å². The van der Waals surface area contributed by atoms with Crippen molar-refractivity contribution >= 4 is 5.78 Å². The first-order chi connectivity index (χ1) is 8.29.